The molecule has 18 heavy (non-hydrogen) atoms. The fourth-order valence-corrected chi connectivity index (χ4v) is 1.82. The fourth-order valence-electron chi connectivity index (χ4n) is 1.82. The van der Waals surface area contributed by atoms with Crippen molar-refractivity contribution in [3.8, 4) is 11.1 Å². The van der Waals surface area contributed by atoms with Crippen LogP contribution in [0.1, 0.15) is 18.9 Å². The summed E-state index contributed by atoms with van der Waals surface area (Å²) in [5.41, 5.74) is 2.69. The number of hydrogen-bond acceptors (Lipinski definition) is 2. The highest BCUT2D eigenvalue weighted by Crippen LogP contribution is 2.21. The Morgan fingerprint density at radius 2 is 1.94 bits per heavy atom. The van der Waals surface area contributed by atoms with Crippen molar-refractivity contribution in [2.45, 2.75) is 19.9 Å². The quantitative estimate of drug-likeness (QED) is 0.815. The van der Waals surface area contributed by atoms with Gasteiger partial charge < -0.3 is 5.32 Å². The summed E-state index contributed by atoms with van der Waals surface area (Å²) in [5, 5.41) is 3.34. The summed E-state index contributed by atoms with van der Waals surface area (Å²) in [7, 11) is 0. The van der Waals surface area contributed by atoms with Gasteiger partial charge in [-0.05, 0) is 30.2 Å². The van der Waals surface area contributed by atoms with Crippen molar-refractivity contribution in [3.05, 3.63) is 54.1 Å². The van der Waals surface area contributed by atoms with Crippen molar-refractivity contribution in [1.82, 2.24) is 10.3 Å². The van der Waals surface area contributed by atoms with Crippen molar-refractivity contribution < 1.29 is 4.39 Å². The van der Waals surface area contributed by atoms with Crippen molar-refractivity contribution in [2.75, 3.05) is 6.54 Å². The van der Waals surface area contributed by atoms with E-state index in [-0.39, 0.29) is 5.82 Å². The van der Waals surface area contributed by atoms with E-state index < -0.39 is 0 Å². The standard InChI is InChI=1S/C15H17FN2/c1-2-8-17-10-12-3-5-13(6-4-12)14-7-9-18-11-15(14)16/h3-7,9,11,17H,2,8,10H2,1H3. The lowest BCUT2D eigenvalue weighted by atomic mass is 10.0. The molecule has 0 saturated carbocycles. The molecule has 1 N–H and O–H groups in total. The van der Waals surface area contributed by atoms with Crippen molar-refractivity contribution in [1.29, 1.82) is 0 Å². The first-order valence-electron chi connectivity index (χ1n) is 6.21. The molecule has 0 atom stereocenters. The number of rotatable bonds is 5. The van der Waals surface area contributed by atoms with Gasteiger partial charge in [0, 0.05) is 18.3 Å². The lowest BCUT2D eigenvalue weighted by Gasteiger charge is -2.06. The molecule has 2 rings (SSSR count). The van der Waals surface area contributed by atoms with E-state index in [1.807, 2.05) is 24.3 Å². The molecule has 0 amide bonds. The maximum Gasteiger partial charge on any atom is 0.149 e. The first-order valence-corrected chi connectivity index (χ1v) is 6.21. The van der Waals surface area contributed by atoms with E-state index in [9.17, 15) is 4.39 Å². The minimum absolute atomic E-state index is 0.283. The van der Waals surface area contributed by atoms with Crippen LogP contribution in [-0.2, 0) is 6.54 Å². The number of nitrogens with zero attached hydrogens (tertiary/aromatic N) is 1. The van der Waals surface area contributed by atoms with Crippen molar-refractivity contribution in [3.63, 3.8) is 0 Å². The van der Waals surface area contributed by atoms with Gasteiger partial charge >= 0.3 is 0 Å². The third kappa shape index (κ3) is 3.14. The molecule has 0 radical (unpaired) electrons. The summed E-state index contributed by atoms with van der Waals surface area (Å²) >= 11 is 0. The lowest BCUT2D eigenvalue weighted by molar-refractivity contribution is 0.625. The van der Waals surface area contributed by atoms with Crippen LogP contribution < -0.4 is 5.32 Å². The van der Waals surface area contributed by atoms with Gasteiger partial charge in [0.1, 0.15) is 5.82 Å². The summed E-state index contributed by atoms with van der Waals surface area (Å²) in [6, 6.07) is 9.64. The zero-order valence-corrected chi connectivity index (χ0v) is 10.5. The molecule has 1 aromatic heterocycles. The molecule has 94 valence electrons. The van der Waals surface area contributed by atoms with E-state index in [2.05, 4.69) is 17.2 Å². The highest BCUT2D eigenvalue weighted by atomic mass is 19.1. The largest absolute Gasteiger partial charge is 0.313 e. The molecule has 2 aromatic rings. The summed E-state index contributed by atoms with van der Waals surface area (Å²) in [5.74, 6) is -0.283. The van der Waals surface area contributed by atoms with Crippen molar-refractivity contribution in [2.24, 2.45) is 0 Å². The lowest BCUT2D eigenvalue weighted by Crippen LogP contribution is -2.13. The Bertz CT molecular complexity index is 494. The summed E-state index contributed by atoms with van der Waals surface area (Å²) < 4.78 is 13.5. The number of pyridine rings is 1. The van der Waals surface area contributed by atoms with Gasteiger partial charge in [-0.1, -0.05) is 31.2 Å². The van der Waals surface area contributed by atoms with Crippen LogP contribution in [0.5, 0.6) is 0 Å². The first-order chi connectivity index (χ1) is 8.81. The van der Waals surface area contributed by atoms with Crippen LogP contribution in [0.2, 0.25) is 0 Å². The molecule has 1 aromatic carbocycles. The van der Waals surface area contributed by atoms with Gasteiger partial charge in [0.15, 0.2) is 0 Å². The normalized spacial score (nSPS) is 10.6. The molecule has 2 nitrogen and oxygen atoms in total. The Kier molecular flexibility index (Phi) is 4.42. The van der Waals surface area contributed by atoms with E-state index >= 15 is 0 Å². The molecule has 0 aliphatic rings. The van der Waals surface area contributed by atoms with Crippen molar-refractivity contribution >= 4 is 0 Å². The smallest absolute Gasteiger partial charge is 0.149 e. The first kappa shape index (κ1) is 12.7. The van der Waals surface area contributed by atoms with E-state index in [0.717, 1.165) is 25.1 Å². The molecule has 3 heteroatoms. The molecular weight excluding hydrogens is 227 g/mol. The Morgan fingerprint density at radius 3 is 2.61 bits per heavy atom. The highest BCUT2D eigenvalue weighted by Gasteiger charge is 2.03. The zero-order valence-electron chi connectivity index (χ0n) is 10.5. The second kappa shape index (κ2) is 6.26. The Hall–Kier alpha value is -1.74. The van der Waals surface area contributed by atoms with Crippen LogP contribution in [0.4, 0.5) is 4.39 Å². The maximum atomic E-state index is 13.5. The Balaban J connectivity index is 2.10. The van der Waals surface area contributed by atoms with Crippen LogP contribution in [0, 0.1) is 5.82 Å². The number of nitrogens with one attached hydrogen (secondary N) is 1. The SMILES string of the molecule is CCCNCc1ccc(-c2ccncc2F)cc1. The summed E-state index contributed by atoms with van der Waals surface area (Å²) in [6.07, 6.45) is 3.97. The monoisotopic (exact) mass is 244 g/mol. The second-order valence-electron chi connectivity index (χ2n) is 4.23. The maximum absolute atomic E-state index is 13.5. The molecule has 1 heterocycles. The van der Waals surface area contributed by atoms with Gasteiger partial charge in [0.05, 0.1) is 6.20 Å². The zero-order chi connectivity index (χ0) is 12.8. The number of benzene rings is 1. The van der Waals surface area contributed by atoms with Gasteiger partial charge in [0.2, 0.25) is 0 Å². The predicted molar refractivity (Wildman–Crippen MR) is 71.6 cm³/mol. The second-order valence-corrected chi connectivity index (χ2v) is 4.23. The molecular formula is C15H17FN2. The van der Waals surface area contributed by atoms with Crippen LogP contribution >= 0.6 is 0 Å². The molecule has 0 saturated heterocycles. The minimum atomic E-state index is -0.283. The third-order valence-corrected chi connectivity index (χ3v) is 2.79. The summed E-state index contributed by atoms with van der Waals surface area (Å²) in [4.78, 5) is 3.75. The highest BCUT2D eigenvalue weighted by molar-refractivity contribution is 5.63. The van der Waals surface area contributed by atoms with E-state index in [4.69, 9.17) is 0 Å². The molecule has 0 fully saturated rings. The van der Waals surface area contributed by atoms with Crippen LogP contribution in [0.25, 0.3) is 11.1 Å². The van der Waals surface area contributed by atoms with E-state index in [1.54, 1.807) is 12.3 Å². The third-order valence-electron chi connectivity index (χ3n) is 2.79. The van der Waals surface area contributed by atoms with Crippen LogP contribution in [0.3, 0.4) is 0 Å². The molecule has 0 unspecified atom stereocenters. The number of hydrogen-bond donors (Lipinski definition) is 1. The molecule has 0 aliphatic heterocycles. The minimum Gasteiger partial charge on any atom is -0.313 e. The number of aromatic nitrogens is 1. The summed E-state index contributed by atoms with van der Waals surface area (Å²) in [6.45, 7) is 4.01. The number of halogens is 1. The van der Waals surface area contributed by atoms with E-state index in [1.165, 1.54) is 11.8 Å². The Morgan fingerprint density at radius 1 is 1.17 bits per heavy atom. The fraction of sp³-hybridized carbons (Fsp3) is 0.267. The van der Waals surface area contributed by atoms with Gasteiger partial charge in [0.25, 0.3) is 0 Å². The average molecular weight is 244 g/mol. The Labute approximate surface area is 107 Å². The topological polar surface area (TPSA) is 24.9 Å². The van der Waals surface area contributed by atoms with E-state index in [0.29, 0.717) is 5.56 Å². The molecule has 0 bridgehead atoms. The van der Waals surface area contributed by atoms with Gasteiger partial charge in [-0.15, -0.1) is 0 Å². The molecule has 0 aliphatic carbocycles. The van der Waals surface area contributed by atoms with Gasteiger partial charge in [-0.25, -0.2) is 4.39 Å². The van der Waals surface area contributed by atoms with Gasteiger partial charge in [-0.2, -0.15) is 0 Å². The molecule has 0 spiro atoms. The van der Waals surface area contributed by atoms with Crippen LogP contribution in [-0.4, -0.2) is 11.5 Å². The van der Waals surface area contributed by atoms with Gasteiger partial charge in [-0.3, -0.25) is 4.98 Å². The average Bonchev–Trinajstić information content (AvgIpc) is 2.41. The predicted octanol–water partition coefficient (Wildman–Crippen LogP) is 3.39. The van der Waals surface area contributed by atoms with Crippen LogP contribution in [0.15, 0.2) is 42.7 Å².